The second-order valence-corrected chi connectivity index (χ2v) is 3.47. The summed E-state index contributed by atoms with van der Waals surface area (Å²) < 4.78 is 1.67. The van der Waals surface area contributed by atoms with E-state index in [1.165, 1.54) is 0 Å². The van der Waals surface area contributed by atoms with Crippen LogP contribution in [0.25, 0.3) is 11.1 Å². The van der Waals surface area contributed by atoms with Crippen LogP contribution < -0.4 is 0 Å². The van der Waals surface area contributed by atoms with E-state index in [0.29, 0.717) is 5.15 Å². The highest BCUT2D eigenvalue weighted by Gasteiger charge is 2.12. The molecule has 2 rings (SSSR count). The first kappa shape index (κ1) is 9.21. The molecule has 2 heterocycles. The number of nitrogens with zero attached hydrogens (tertiary/aromatic N) is 3. The molecule has 0 unspecified atom stereocenters. The molecule has 2 aromatic rings. The number of pyridine rings is 1. The van der Waals surface area contributed by atoms with Gasteiger partial charge in [-0.2, -0.15) is 5.10 Å². The fourth-order valence-electron chi connectivity index (χ4n) is 1.47. The van der Waals surface area contributed by atoms with Gasteiger partial charge in [-0.15, -0.1) is 0 Å². The van der Waals surface area contributed by atoms with Crippen LogP contribution >= 0.6 is 11.6 Å². The summed E-state index contributed by atoms with van der Waals surface area (Å²) in [5.41, 5.74) is 2.89. The van der Waals surface area contributed by atoms with Crippen LogP contribution in [0.5, 0.6) is 0 Å². The third-order valence-electron chi connectivity index (χ3n) is 2.10. The highest BCUT2D eigenvalue weighted by atomic mass is 35.5. The summed E-state index contributed by atoms with van der Waals surface area (Å²) in [6, 6.07) is 3.86. The molecule has 0 aromatic carbocycles. The Bertz CT molecular complexity index is 448. The Hall–Kier alpha value is -1.35. The maximum absolute atomic E-state index is 6.12. The largest absolute Gasteiger partial charge is 0.264 e. The van der Waals surface area contributed by atoms with Crippen LogP contribution in [0.3, 0.4) is 0 Å². The van der Waals surface area contributed by atoms with Crippen molar-refractivity contribution < 1.29 is 0 Å². The zero-order valence-electron chi connectivity index (χ0n) is 8.03. The molecule has 0 fully saturated rings. The maximum Gasteiger partial charge on any atom is 0.134 e. The fraction of sp³-hybridized carbons (Fsp3) is 0.200. The molecule has 0 saturated carbocycles. The molecule has 0 saturated heterocycles. The maximum atomic E-state index is 6.12. The van der Waals surface area contributed by atoms with Crippen molar-refractivity contribution in [2.45, 2.75) is 6.92 Å². The van der Waals surface area contributed by atoms with Crippen LogP contribution in [0.2, 0.25) is 5.15 Å². The van der Waals surface area contributed by atoms with Gasteiger partial charge in [-0.1, -0.05) is 17.7 Å². The normalized spacial score (nSPS) is 10.5. The van der Waals surface area contributed by atoms with Crippen molar-refractivity contribution >= 4 is 11.6 Å². The van der Waals surface area contributed by atoms with E-state index in [0.717, 1.165) is 16.8 Å². The molecule has 0 N–H and O–H groups in total. The molecule has 0 aliphatic carbocycles. The average molecular weight is 208 g/mol. The lowest BCUT2D eigenvalue weighted by atomic mass is 10.1. The molecule has 3 nitrogen and oxygen atoms in total. The molecule has 0 aliphatic rings. The second kappa shape index (κ2) is 3.42. The molecule has 0 aliphatic heterocycles. The van der Waals surface area contributed by atoms with Crippen molar-refractivity contribution in [1.29, 1.82) is 0 Å². The highest BCUT2D eigenvalue weighted by Crippen LogP contribution is 2.29. The second-order valence-electron chi connectivity index (χ2n) is 3.12. The van der Waals surface area contributed by atoms with Crippen LogP contribution in [-0.4, -0.2) is 14.8 Å². The van der Waals surface area contributed by atoms with E-state index >= 15 is 0 Å². The van der Waals surface area contributed by atoms with E-state index in [9.17, 15) is 0 Å². The summed E-state index contributed by atoms with van der Waals surface area (Å²) in [5.74, 6) is 0. The van der Waals surface area contributed by atoms with Crippen LogP contribution in [0.15, 0.2) is 24.5 Å². The minimum atomic E-state index is 0.649. The Labute approximate surface area is 87.3 Å². The molecular formula is C10H10ClN3. The minimum Gasteiger partial charge on any atom is -0.264 e. The van der Waals surface area contributed by atoms with Crippen molar-refractivity contribution in [1.82, 2.24) is 14.8 Å². The van der Waals surface area contributed by atoms with E-state index in [-0.39, 0.29) is 0 Å². The topological polar surface area (TPSA) is 30.7 Å². The molecule has 4 heteroatoms. The third-order valence-corrected chi connectivity index (χ3v) is 2.54. The Kier molecular flexibility index (Phi) is 2.25. The van der Waals surface area contributed by atoms with Crippen LogP contribution in [0.4, 0.5) is 0 Å². The number of hydrogen-bond acceptors (Lipinski definition) is 2. The number of hydrogen-bond donors (Lipinski definition) is 0. The zero-order valence-corrected chi connectivity index (χ0v) is 8.78. The summed E-state index contributed by atoms with van der Waals surface area (Å²) in [7, 11) is 1.83. The number of halogens is 1. The van der Waals surface area contributed by atoms with E-state index in [1.807, 2.05) is 26.1 Å². The standard InChI is InChI=1S/C10H10ClN3/c1-7-9(10(11)14(2)13-7)8-4-3-5-12-6-8/h3-6H,1-2H3. The van der Waals surface area contributed by atoms with E-state index in [2.05, 4.69) is 10.1 Å². The van der Waals surface area contributed by atoms with Crippen LogP contribution in [0, 0.1) is 6.92 Å². The Balaban J connectivity index is 2.62. The minimum absolute atomic E-state index is 0.649. The van der Waals surface area contributed by atoms with Crippen molar-refractivity contribution in [2.75, 3.05) is 0 Å². The van der Waals surface area contributed by atoms with Gasteiger partial charge < -0.3 is 0 Å². The molecule has 0 amide bonds. The molecule has 0 spiro atoms. The number of rotatable bonds is 1. The fourth-order valence-corrected chi connectivity index (χ4v) is 1.75. The van der Waals surface area contributed by atoms with E-state index in [1.54, 1.807) is 17.1 Å². The van der Waals surface area contributed by atoms with Crippen molar-refractivity contribution in [3.8, 4) is 11.1 Å². The highest BCUT2D eigenvalue weighted by molar-refractivity contribution is 6.32. The molecule has 72 valence electrons. The average Bonchev–Trinajstić information content (AvgIpc) is 2.43. The van der Waals surface area contributed by atoms with Gasteiger partial charge in [0.05, 0.1) is 5.69 Å². The quantitative estimate of drug-likeness (QED) is 0.719. The van der Waals surface area contributed by atoms with Gasteiger partial charge in [0.2, 0.25) is 0 Å². The van der Waals surface area contributed by atoms with Crippen molar-refractivity contribution in [3.63, 3.8) is 0 Å². The predicted octanol–water partition coefficient (Wildman–Crippen LogP) is 2.44. The molecule has 0 atom stereocenters. The zero-order chi connectivity index (χ0) is 10.1. The lowest BCUT2D eigenvalue weighted by Crippen LogP contribution is -1.88. The number of aromatic nitrogens is 3. The summed E-state index contributed by atoms with van der Waals surface area (Å²) in [6.07, 6.45) is 3.53. The van der Waals surface area contributed by atoms with Gasteiger partial charge in [-0.3, -0.25) is 9.67 Å². The first-order valence-corrected chi connectivity index (χ1v) is 4.67. The monoisotopic (exact) mass is 207 g/mol. The molecule has 0 radical (unpaired) electrons. The van der Waals surface area contributed by atoms with Gasteiger partial charge >= 0.3 is 0 Å². The van der Waals surface area contributed by atoms with Crippen molar-refractivity contribution in [2.24, 2.45) is 7.05 Å². The van der Waals surface area contributed by atoms with E-state index in [4.69, 9.17) is 11.6 Å². The van der Waals surface area contributed by atoms with Gasteiger partial charge in [-0.25, -0.2) is 0 Å². The SMILES string of the molecule is Cc1nn(C)c(Cl)c1-c1cccnc1. The van der Waals surface area contributed by atoms with Gasteiger partial charge in [0.1, 0.15) is 5.15 Å². The Morgan fingerprint density at radius 1 is 1.43 bits per heavy atom. The molecule has 2 aromatic heterocycles. The van der Waals surface area contributed by atoms with Gasteiger partial charge in [0.25, 0.3) is 0 Å². The Morgan fingerprint density at radius 3 is 2.71 bits per heavy atom. The Morgan fingerprint density at radius 2 is 2.21 bits per heavy atom. The lowest BCUT2D eigenvalue weighted by molar-refractivity contribution is 0.757. The predicted molar refractivity (Wildman–Crippen MR) is 56.2 cm³/mol. The molecular weight excluding hydrogens is 198 g/mol. The summed E-state index contributed by atoms with van der Waals surface area (Å²) in [5, 5.41) is 4.89. The smallest absolute Gasteiger partial charge is 0.134 e. The number of aryl methyl sites for hydroxylation is 2. The lowest BCUT2D eigenvalue weighted by Gasteiger charge is -1.98. The molecule has 0 bridgehead atoms. The van der Waals surface area contributed by atoms with Crippen LogP contribution in [0.1, 0.15) is 5.69 Å². The first-order chi connectivity index (χ1) is 6.70. The van der Waals surface area contributed by atoms with Crippen molar-refractivity contribution in [3.05, 3.63) is 35.4 Å². The third kappa shape index (κ3) is 1.40. The summed E-state index contributed by atoms with van der Waals surface area (Å²) in [6.45, 7) is 1.94. The van der Waals surface area contributed by atoms with Gasteiger partial charge in [0.15, 0.2) is 0 Å². The summed E-state index contributed by atoms with van der Waals surface area (Å²) >= 11 is 6.12. The van der Waals surface area contributed by atoms with Crippen LogP contribution in [-0.2, 0) is 7.05 Å². The van der Waals surface area contributed by atoms with Gasteiger partial charge in [0, 0.05) is 30.6 Å². The van der Waals surface area contributed by atoms with Gasteiger partial charge in [-0.05, 0) is 13.0 Å². The van der Waals surface area contributed by atoms with E-state index < -0.39 is 0 Å². The molecule has 14 heavy (non-hydrogen) atoms. The first-order valence-electron chi connectivity index (χ1n) is 4.29. The summed E-state index contributed by atoms with van der Waals surface area (Å²) in [4.78, 5) is 4.06.